The molecule has 0 fully saturated rings. The molecule has 1 aliphatic rings. The molecule has 4 nitrogen and oxygen atoms in total. The molecule has 1 atom stereocenters. The van der Waals surface area contributed by atoms with E-state index in [1.807, 2.05) is 0 Å². The largest absolute Gasteiger partial charge is 0.481 e. The van der Waals surface area contributed by atoms with Crippen LogP contribution in [0.2, 0.25) is 0 Å². The minimum Gasteiger partial charge on any atom is -0.481 e. The number of carboxylic acid groups (broad SMARTS) is 1. The maximum Gasteiger partial charge on any atom is 0.303 e. The molecule has 0 saturated heterocycles. The second kappa shape index (κ2) is 7.04. The lowest BCUT2D eigenvalue weighted by Gasteiger charge is -2.17. The molecule has 1 unspecified atom stereocenters. The summed E-state index contributed by atoms with van der Waals surface area (Å²) in [5.74, 6) is -0.548. The predicted molar refractivity (Wildman–Crippen MR) is 61.0 cm³/mol. The van der Waals surface area contributed by atoms with Crippen LogP contribution >= 0.6 is 0 Å². The van der Waals surface area contributed by atoms with E-state index in [-0.39, 0.29) is 18.2 Å². The Morgan fingerprint density at radius 2 is 2.12 bits per heavy atom. The number of hydrogen-bond acceptors (Lipinski definition) is 2. The zero-order valence-corrected chi connectivity index (χ0v) is 9.45. The molecule has 0 radical (unpaired) electrons. The molecule has 1 amide bonds. The molecule has 1 aliphatic carbocycles. The zero-order valence-electron chi connectivity index (χ0n) is 9.45. The van der Waals surface area contributed by atoms with Gasteiger partial charge in [0.05, 0.1) is 0 Å². The second-order valence-electron chi connectivity index (χ2n) is 4.12. The summed E-state index contributed by atoms with van der Waals surface area (Å²) in [6.07, 6.45) is 8.45. The van der Waals surface area contributed by atoms with Crippen molar-refractivity contribution in [2.75, 3.05) is 6.54 Å². The van der Waals surface area contributed by atoms with Gasteiger partial charge in [-0.2, -0.15) is 0 Å². The van der Waals surface area contributed by atoms with Gasteiger partial charge in [-0.05, 0) is 32.1 Å². The Labute approximate surface area is 95.7 Å². The lowest BCUT2D eigenvalue weighted by Crippen LogP contribution is -2.31. The summed E-state index contributed by atoms with van der Waals surface area (Å²) in [6.45, 7) is 0.590. The molecule has 4 heteroatoms. The Bertz CT molecular complexity index is 273. The first-order valence-electron chi connectivity index (χ1n) is 5.84. The lowest BCUT2D eigenvalue weighted by atomic mass is 9.94. The smallest absolute Gasteiger partial charge is 0.303 e. The quantitative estimate of drug-likeness (QED) is 0.534. The predicted octanol–water partition coefficient (Wildman–Crippen LogP) is 1.71. The molecule has 0 aromatic carbocycles. The summed E-state index contributed by atoms with van der Waals surface area (Å²) in [5, 5.41) is 11.3. The molecule has 0 aromatic heterocycles. The first-order chi connectivity index (χ1) is 7.70. The maximum atomic E-state index is 11.6. The zero-order chi connectivity index (χ0) is 11.8. The van der Waals surface area contributed by atoms with Gasteiger partial charge in [0.15, 0.2) is 0 Å². The van der Waals surface area contributed by atoms with Crippen molar-refractivity contribution in [1.82, 2.24) is 5.32 Å². The normalized spacial score (nSPS) is 19.4. The van der Waals surface area contributed by atoms with Crippen LogP contribution in [0.5, 0.6) is 0 Å². The fourth-order valence-electron chi connectivity index (χ4n) is 1.79. The molecule has 0 spiro atoms. The Morgan fingerprint density at radius 3 is 2.75 bits per heavy atom. The molecule has 2 N–H and O–H groups in total. The van der Waals surface area contributed by atoms with Crippen molar-refractivity contribution in [2.24, 2.45) is 5.92 Å². The van der Waals surface area contributed by atoms with Gasteiger partial charge in [-0.25, -0.2) is 0 Å². The number of carbonyl (C=O) groups is 2. The van der Waals surface area contributed by atoms with Gasteiger partial charge < -0.3 is 10.4 Å². The van der Waals surface area contributed by atoms with Crippen molar-refractivity contribution in [1.29, 1.82) is 0 Å². The van der Waals surface area contributed by atoms with E-state index in [2.05, 4.69) is 17.5 Å². The number of unbranched alkanes of at least 4 members (excludes halogenated alkanes) is 1. The van der Waals surface area contributed by atoms with Gasteiger partial charge in [0.25, 0.3) is 0 Å². The molecular formula is C12H19NO3. The molecule has 0 heterocycles. The highest BCUT2D eigenvalue weighted by atomic mass is 16.4. The van der Waals surface area contributed by atoms with Crippen molar-refractivity contribution < 1.29 is 14.7 Å². The van der Waals surface area contributed by atoms with Crippen molar-refractivity contribution in [2.45, 2.75) is 38.5 Å². The molecular weight excluding hydrogens is 206 g/mol. The van der Waals surface area contributed by atoms with Crippen molar-refractivity contribution >= 4 is 11.9 Å². The highest BCUT2D eigenvalue weighted by molar-refractivity contribution is 5.78. The number of carbonyl (C=O) groups excluding carboxylic acids is 1. The van der Waals surface area contributed by atoms with Crippen LogP contribution in [-0.2, 0) is 9.59 Å². The topological polar surface area (TPSA) is 66.4 Å². The van der Waals surface area contributed by atoms with E-state index in [1.54, 1.807) is 0 Å². The standard InChI is InChI=1S/C12H19NO3/c14-11(15)8-4-5-9-13-12(16)10-6-2-1-3-7-10/h1-2,10H,3-9H2,(H,13,16)(H,14,15). The maximum absolute atomic E-state index is 11.6. The van der Waals surface area contributed by atoms with Gasteiger partial charge in [0, 0.05) is 18.9 Å². The van der Waals surface area contributed by atoms with Gasteiger partial charge in [-0.15, -0.1) is 0 Å². The second-order valence-corrected chi connectivity index (χ2v) is 4.12. The Kier molecular flexibility index (Phi) is 5.61. The highest BCUT2D eigenvalue weighted by Gasteiger charge is 2.17. The minimum absolute atomic E-state index is 0.111. The van der Waals surface area contributed by atoms with Gasteiger partial charge in [-0.1, -0.05) is 12.2 Å². The van der Waals surface area contributed by atoms with Crippen molar-refractivity contribution in [3.63, 3.8) is 0 Å². The van der Waals surface area contributed by atoms with Crippen LogP contribution in [-0.4, -0.2) is 23.5 Å². The van der Waals surface area contributed by atoms with Crippen LogP contribution in [0.15, 0.2) is 12.2 Å². The summed E-state index contributed by atoms with van der Waals surface area (Å²) in [5.41, 5.74) is 0. The van der Waals surface area contributed by atoms with Crippen LogP contribution in [0.3, 0.4) is 0 Å². The van der Waals surface area contributed by atoms with Crippen molar-refractivity contribution in [3.8, 4) is 0 Å². The summed E-state index contributed by atoms with van der Waals surface area (Å²) < 4.78 is 0. The van der Waals surface area contributed by atoms with Crippen LogP contribution < -0.4 is 5.32 Å². The van der Waals surface area contributed by atoms with Gasteiger partial charge in [0.1, 0.15) is 0 Å². The first kappa shape index (κ1) is 12.7. The number of amides is 1. The lowest BCUT2D eigenvalue weighted by molar-refractivity contribution is -0.137. The Hall–Kier alpha value is -1.32. The fraction of sp³-hybridized carbons (Fsp3) is 0.667. The average molecular weight is 225 g/mol. The molecule has 16 heavy (non-hydrogen) atoms. The molecule has 0 aliphatic heterocycles. The number of nitrogens with one attached hydrogen (secondary N) is 1. The number of hydrogen-bond donors (Lipinski definition) is 2. The van der Waals surface area contributed by atoms with E-state index >= 15 is 0 Å². The van der Waals surface area contributed by atoms with Crippen LogP contribution in [0, 0.1) is 5.92 Å². The van der Waals surface area contributed by atoms with E-state index in [0.29, 0.717) is 13.0 Å². The Morgan fingerprint density at radius 1 is 1.31 bits per heavy atom. The van der Waals surface area contributed by atoms with E-state index in [1.165, 1.54) is 0 Å². The van der Waals surface area contributed by atoms with E-state index in [4.69, 9.17) is 5.11 Å². The summed E-state index contributed by atoms with van der Waals surface area (Å²) >= 11 is 0. The first-order valence-corrected chi connectivity index (χ1v) is 5.84. The monoisotopic (exact) mass is 225 g/mol. The fourth-order valence-corrected chi connectivity index (χ4v) is 1.79. The third-order valence-corrected chi connectivity index (χ3v) is 2.76. The molecule has 0 bridgehead atoms. The molecule has 0 saturated carbocycles. The van der Waals surface area contributed by atoms with E-state index in [9.17, 15) is 9.59 Å². The molecule has 90 valence electrons. The van der Waals surface area contributed by atoms with Crippen LogP contribution in [0.4, 0.5) is 0 Å². The Balaban J connectivity index is 2.06. The van der Waals surface area contributed by atoms with Gasteiger partial charge in [0.2, 0.25) is 5.91 Å². The van der Waals surface area contributed by atoms with Crippen LogP contribution in [0.1, 0.15) is 38.5 Å². The molecule has 1 rings (SSSR count). The number of rotatable bonds is 6. The average Bonchev–Trinajstić information content (AvgIpc) is 2.29. The van der Waals surface area contributed by atoms with Gasteiger partial charge >= 0.3 is 5.97 Å². The summed E-state index contributed by atoms with van der Waals surface area (Å²) in [4.78, 5) is 21.9. The summed E-state index contributed by atoms with van der Waals surface area (Å²) in [7, 11) is 0. The van der Waals surface area contributed by atoms with E-state index in [0.717, 1.165) is 25.7 Å². The highest BCUT2D eigenvalue weighted by Crippen LogP contribution is 2.17. The molecule has 0 aromatic rings. The third-order valence-electron chi connectivity index (χ3n) is 2.76. The third kappa shape index (κ3) is 4.96. The number of allylic oxidation sites excluding steroid dienone is 2. The number of carboxylic acids is 1. The number of aliphatic carboxylic acids is 1. The van der Waals surface area contributed by atoms with Crippen LogP contribution in [0.25, 0.3) is 0 Å². The SMILES string of the molecule is O=C(O)CCCCNC(=O)C1CC=CCC1. The van der Waals surface area contributed by atoms with E-state index < -0.39 is 5.97 Å². The van der Waals surface area contributed by atoms with Gasteiger partial charge in [-0.3, -0.25) is 9.59 Å². The summed E-state index contributed by atoms with van der Waals surface area (Å²) in [6, 6.07) is 0. The van der Waals surface area contributed by atoms with Crippen molar-refractivity contribution in [3.05, 3.63) is 12.2 Å². The minimum atomic E-state index is -0.774.